The van der Waals surface area contributed by atoms with Crippen molar-refractivity contribution in [2.45, 2.75) is 6.61 Å². The topological polar surface area (TPSA) is 59.4 Å². The highest BCUT2D eigenvalue weighted by molar-refractivity contribution is 9.10. The summed E-state index contributed by atoms with van der Waals surface area (Å²) in [6.07, 6.45) is 3.31. The molecule has 2 rings (SSSR count). The van der Waals surface area contributed by atoms with Crippen molar-refractivity contribution >= 4 is 33.5 Å². The Labute approximate surface area is 123 Å². The summed E-state index contributed by atoms with van der Waals surface area (Å²) in [7, 11) is 0. The Morgan fingerprint density at radius 3 is 2.84 bits per heavy atom. The third-order valence-corrected chi connectivity index (χ3v) is 3.00. The van der Waals surface area contributed by atoms with E-state index < -0.39 is 5.97 Å². The Bertz CT molecular complexity index is 619. The van der Waals surface area contributed by atoms with Crippen LogP contribution in [0.5, 0.6) is 5.75 Å². The second kappa shape index (κ2) is 6.04. The molecule has 0 spiro atoms. The summed E-state index contributed by atoms with van der Waals surface area (Å²) < 4.78 is 6.33. The van der Waals surface area contributed by atoms with Crippen LogP contribution in [0.2, 0.25) is 5.02 Å². The van der Waals surface area contributed by atoms with Gasteiger partial charge in [0, 0.05) is 27.5 Å². The van der Waals surface area contributed by atoms with Crippen molar-refractivity contribution in [3.05, 3.63) is 57.3 Å². The number of halogens is 2. The van der Waals surface area contributed by atoms with Gasteiger partial charge in [-0.15, -0.1) is 0 Å². The van der Waals surface area contributed by atoms with Crippen LogP contribution in [0, 0.1) is 0 Å². The van der Waals surface area contributed by atoms with Crippen molar-refractivity contribution in [1.29, 1.82) is 0 Å². The first-order chi connectivity index (χ1) is 9.06. The molecule has 0 fully saturated rings. The van der Waals surface area contributed by atoms with E-state index in [1.165, 1.54) is 18.2 Å². The van der Waals surface area contributed by atoms with Crippen molar-refractivity contribution in [3.8, 4) is 5.75 Å². The fourth-order valence-corrected chi connectivity index (χ4v) is 2.06. The predicted molar refractivity (Wildman–Crippen MR) is 74.7 cm³/mol. The fourth-order valence-electron chi connectivity index (χ4n) is 1.49. The van der Waals surface area contributed by atoms with Crippen LogP contribution in [0.1, 0.15) is 15.9 Å². The first kappa shape index (κ1) is 13.8. The third kappa shape index (κ3) is 3.68. The van der Waals surface area contributed by atoms with Gasteiger partial charge in [0.05, 0.1) is 0 Å². The molecule has 4 nitrogen and oxygen atoms in total. The number of aromatic nitrogens is 1. The zero-order valence-corrected chi connectivity index (χ0v) is 12.0. The molecule has 0 aliphatic rings. The zero-order valence-electron chi connectivity index (χ0n) is 9.64. The van der Waals surface area contributed by atoms with Crippen LogP contribution < -0.4 is 4.74 Å². The summed E-state index contributed by atoms with van der Waals surface area (Å²) in [6, 6.07) is 6.26. The number of hydrogen-bond donors (Lipinski definition) is 1. The van der Waals surface area contributed by atoms with E-state index in [-0.39, 0.29) is 17.9 Å². The van der Waals surface area contributed by atoms with Gasteiger partial charge in [0.25, 0.3) is 0 Å². The van der Waals surface area contributed by atoms with E-state index in [1.54, 1.807) is 12.4 Å². The van der Waals surface area contributed by atoms with Crippen molar-refractivity contribution < 1.29 is 14.6 Å². The summed E-state index contributed by atoms with van der Waals surface area (Å²) in [6.45, 7) is 0.215. The largest absolute Gasteiger partial charge is 0.488 e. The van der Waals surface area contributed by atoms with Gasteiger partial charge in [0.2, 0.25) is 0 Å². The van der Waals surface area contributed by atoms with E-state index in [1.807, 2.05) is 6.07 Å². The number of benzene rings is 1. The second-order valence-corrected chi connectivity index (χ2v) is 5.10. The highest BCUT2D eigenvalue weighted by Gasteiger charge is 2.12. The normalized spacial score (nSPS) is 10.2. The number of rotatable bonds is 4. The minimum Gasteiger partial charge on any atom is -0.488 e. The maximum atomic E-state index is 11.1. The smallest absolute Gasteiger partial charge is 0.339 e. The van der Waals surface area contributed by atoms with E-state index >= 15 is 0 Å². The zero-order chi connectivity index (χ0) is 13.8. The Morgan fingerprint density at radius 2 is 2.16 bits per heavy atom. The summed E-state index contributed by atoms with van der Waals surface area (Å²) in [4.78, 5) is 15.1. The Hall–Kier alpha value is -1.59. The van der Waals surface area contributed by atoms with Crippen LogP contribution in [0.4, 0.5) is 0 Å². The monoisotopic (exact) mass is 341 g/mol. The van der Waals surface area contributed by atoms with Gasteiger partial charge in [-0.3, -0.25) is 4.98 Å². The molecule has 6 heteroatoms. The quantitative estimate of drug-likeness (QED) is 0.918. The van der Waals surface area contributed by atoms with Gasteiger partial charge >= 0.3 is 5.97 Å². The van der Waals surface area contributed by atoms with Crippen molar-refractivity contribution in [2.24, 2.45) is 0 Å². The number of ether oxygens (including phenoxy) is 1. The lowest BCUT2D eigenvalue weighted by molar-refractivity contribution is 0.0692. The molecule has 0 radical (unpaired) electrons. The molecule has 19 heavy (non-hydrogen) atoms. The molecule has 0 unspecified atom stereocenters. The predicted octanol–water partition coefficient (Wildman–Crippen LogP) is 3.77. The third-order valence-electron chi connectivity index (χ3n) is 2.33. The lowest BCUT2D eigenvalue weighted by Crippen LogP contribution is -2.03. The Morgan fingerprint density at radius 1 is 1.37 bits per heavy atom. The molecule has 0 aliphatic heterocycles. The van der Waals surface area contributed by atoms with Gasteiger partial charge in [-0.05, 0) is 40.2 Å². The molecule has 1 N–H and O–H groups in total. The van der Waals surface area contributed by atoms with Crippen LogP contribution in [0.15, 0.2) is 41.1 Å². The lowest BCUT2D eigenvalue weighted by atomic mass is 10.2. The molecule has 0 bridgehead atoms. The maximum Gasteiger partial charge on any atom is 0.339 e. The first-order valence-corrected chi connectivity index (χ1v) is 6.48. The van der Waals surface area contributed by atoms with Gasteiger partial charge in [-0.1, -0.05) is 11.6 Å². The van der Waals surface area contributed by atoms with Crippen LogP contribution in [-0.4, -0.2) is 16.1 Å². The highest BCUT2D eigenvalue weighted by atomic mass is 79.9. The molecule has 2 aromatic rings. The Kier molecular flexibility index (Phi) is 4.39. The van der Waals surface area contributed by atoms with Crippen LogP contribution in [0.3, 0.4) is 0 Å². The SMILES string of the molecule is O=C(O)c1ccc(Cl)cc1OCc1cncc(Br)c1. The molecular weight excluding hydrogens is 334 g/mol. The van der Waals surface area contributed by atoms with Crippen LogP contribution >= 0.6 is 27.5 Å². The molecule has 0 amide bonds. The van der Waals surface area contributed by atoms with E-state index in [9.17, 15) is 4.79 Å². The average Bonchev–Trinajstić information content (AvgIpc) is 2.36. The number of carboxylic acid groups (broad SMARTS) is 1. The number of carboxylic acids is 1. The lowest BCUT2D eigenvalue weighted by Gasteiger charge is -2.09. The molecule has 1 aromatic heterocycles. The van der Waals surface area contributed by atoms with E-state index in [2.05, 4.69) is 20.9 Å². The molecule has 98 valence electrons. The number of pyridine rings is 1. The molecule has 0 aliphatic carbocycles. The van der Waals surface area contributed by atoms with Crippen LogP contribution in [0.25, 0.3) is 0 Å². The number of carbonyl (C=O) groups is 1. The number of hydrogen-bond acceptors (Lipinski definition) is 3. The summed E-state index contributed by atoms with van der Waals surface area (Å²) in [5.41, 5.74) is 0.901. The van der Waals surface area contributed by atoms with Crippen molar-refractivity contribution in [1.82, 2.24) is 4.98 Å². The average molecular weight is 343 g/mol. The summed E-state index contributed by atoms with van der Waals surface area (Å²) in [5, 5.41) is 9.48. The highest BCUT2D eigenvalue weighted by Crippen LogP contribution is 2.24. The minimum atomic E-state index is -1.06. The minimum absolute atomic E-state index is 0.0763. The molecule has 0 atom stereocenters. The summed E-state index contributed by atoms with van der Waals surface area (Å²) >= 11 is 9.14. The first-order valence-electron chi connectivity index (χ1n) is 5.31. The van der Waals surface area contributed by atoms with Gasteiger partial charge < -0.3 is 9.84 Å². The number of aromatic carboxylic acids is 1. The number of nitrogens with zero attached hydrogens (tertiary/aromatic N) is 1. The van der Waals surface area contributed by atoms with Crippen LogP contribution in [-0.2, 0) is 6.61 Å². The van der Waals surface area contributed by atoms with Gasteiger partial charge in [-0.2, -0.15) is 0 Å². The van der Waals surface area contributed by atoms with Crippen molar-refractivity contribution in [3.63, 3.8) is 0 Å². The maximum absolute atomic E-state index is 11.1. The Balaban J connectivity index is 2.19. The summed E-state index contributed by atoms with van der Waals surface area (Å²) in [5.74, 6) is -0.820. The van der Waals surface area contributed by atoms with Gasteiger partial charge in [-0.25, -0.2) is 4.79 Å². The molecule has 0 saturated carbocycles. The van der Waals surface area contributed by atoms with Crippen molar-refractivity contribution in [2.75, 3.05) is 0 Å². The van der Waals surface area contributed by atoms with Gasteiger partial charge in [0.15, 0.2) is 0 Å². The molecule has 1 heterocycles. The fraction of sp³-hybridized carbons (Fsp3) is 0.0769. The van der Waals surface area contributed by atoms with E-state index in [0.717, 1.165) is 10.0 Å². The van der Waals surface area contributed by atoms with E-state index in [0.29, 0.717) is 5.02 Å². The van der Waals surface area contributed by atoms with E-state index in [4.69, 9.17) is 21.4 Å². The molecule has 1 aromatic carbocycles. The van der Waals surface area contributed by atoms with Gasteiger partial charge in [0.1, 0.15) is 17.9 Å². The standard InChI is InChI=1S/C13H9BrClNO3/c14-9-3-8(5-16-6-9)7-19-12-4-10(15)1-2-11(12)13(17)18/h1-6H,7H2,(H,17,18). The molecular formula is C13H9BrClNO3. The molecule has 0 saturated heterocycles. The second-order valence-electron chi connectivity index (χ2n) is 3.75.